The van der Waals surface area contributed by atoms with Crippen molar-refractivity contribution in [2.45, 2.75) is 49.9 Å². The maximum absolute atomic E-state index is 13.7. The van der Waals surface area contributed by atoms with Gasteiger partial charge >= 0.3 is 6.18 Å². The van der Waals surface area contributed by atoms with Crippen molar-refractivity contribution in [3.05, 3.63) is 69.4 Å². The number of carbonyl (C=O) groups excluding carboxylic acids is 2. The number of hydrogen-bond donors (Lipinski definition) is 0. The van der Waals surface area contributed by atoms with Gasteiger partial charge in [0.1, 0.15) is 5.82 Å². The van der Waals surface area contributed by atoms with E-state index in [2.05, 4.69) is 30.6 Å². The molecular formula is C30H37BrCl2F4N4O2. The third-order valence-corrected chi connectivity index (χ3v) is 9.12. The zero-order valence-corrected chi connectivity index (χ0v) is 27.1. The average molecular weight is 712 g/mol. The molecule has 13 heteroatoms. The summed E-state index contributed by atoms with van der Waals surface area (Å²) in [6.45, 7) is 5.58. The van der Waals surface area contributed by atoms with Crippen LogP contribution in [0.25, 0.3) is 0 Å². The second-order valence-electron chi connectivity index (χ2n) is 11.5. The van der Waals surface area contributed by atoms with E-state index in [-0.39, 0.29) is 59.0 Å². The van der Waals surface area contributed by atoms with E-state index in [0.29, 0.717) is 24.9 Å². The monoisotopic (exact) mass is 710 g/mol. The molecule has 43 heavy (non-hydrogen) atoms. The van der Waals surface area contributed by atoms with E-state index in [1.165, 1.54) is 23.1 Å². The smallest absolute Gasteiger partial charge is 0.341 e. The van der Waals surface area contributed by atoms with E-state index in [4.69, 9.17) is 0 Å². The minimum Gasteiger partial charge on any atom is -0.341 e. The van der Waals surface area contributed by atoms with Crippen LogP contribution in [0.2, 0.25) is 0 Å². The Morgan fingerprint density at radius 3 is 2.42 bits per heavy atom. The molecule has 3 heterocycles. The first-order chi connectivity index (χ1) is 19.5. The molecule has 0 radical (unpaired) electrons. The highest BCUT2D eigenvalue weighted by Gasteiger charge is 2.39. The van der Waals surface area contributed by atoms with Crippen LogP contribution in [-0.2, 0) is 11.0 Å². The average Bonchev–Trinajstić information content (AvgIpc) is 2.90. The molecule has 238 valence electrons. The number of piperidine rings is 1. The molecule has 2 aromatic rings. The molecule has 0 N–H and O–H groups in total. The summed E-state index contributed by atoms with van der Waals surface area (Å²) in [5.41, 5.74) is -0.0496. The van der Waals surface area contributed by atoms with Crippen LogP contribution in [0.3, 0.4) is 0 Å². The van der Waals surface area contributed by atoms with Gasteiger partial charge in [0, 0.05) is 80.8 Å². The second kappa shape index (κ2) is 14.9. The fraction of sp³-hybridized carbons (Fsp3) is 0.533. The van der Waals surface area contributed by atoms with Crippen molar-refractivity contribution in [3.8, 4) is 0 Å². The minimum absolute atomic E-state index is 0. The first-order valence-corrected chi connectivity index (χ1v) is 14.9. The number of benzene rings is 2. The lowest BCUT2D eigenvalue weighted by molar-refractivity contribution is -0.141. The molecule has 1 unspecified atom stereocenters. The van der Waals surface area contributed by atoms with Gasteiger partial charge in [-0.05, 0) is 61.7 Å². The topological polar surface area (TPSA) is 47.1 Å². The predicted octanol–water partition coefficient (Wildman–Crippen LogP) is 6.08. The minimum atomic E-state index is -4.56. The highest BCUT2D eigenvalue weighted by molar-refractivity contribution is 9.10. The molecule has 0 aliphatic carbocycles. The van der Waals surface area contributed by atoms with Crippen LogP contribution < -0.4 is 0 Å². The number of rotatable bonds is 8. The number of piperazine rings is 1. The van der Waals surface area contributed by atoms with Crippen LogP contribution in [-0.4, -0.2) is 96.4 Å². The van der Waals surface area contributed by atoms with E-state index in [1.54, 1.807) is 19.2 Å². The Bertz CT molecular complexity index is 1260. The fourth-order valence-electron chi connectivity index (χ4n) is 6.32. The number of alkyl halides is 3. The molecule has 2 atom stereocenters. The fourth-order valence-corrected chi connectivity index (χ4v) is 6.82. The van der Waals surface area contributed by atoms with Gasteiger partial charge in [0.2, 0.25) is 5.91 Å². The van der Waals surface area contributed by atoms with Crippen LogP contribution in [0.4, 0.5) is 17.6 Å². The Morgan fingerprint density at radius 2 is 1.74 bits per heavy atom. The molecule has 2 aromatic carbocycles. The molecule has 5 rings (SSSR count). The molecular weight excluding hydrogens is 675 g/mol. The number of likely N-dealkylation sites (N-methyl/N-ethyl adjacent to an activating group) is 1. The summed E-state index contributed by atoms with van der Waals surface area (Å²) < 4.78 is 53.8. The highest BCUT2D eigenvalue weighted by Crippen LogP contribution is 2.33. The Kier molecular flexibility index (Phi) is 12.3. The molecule has 3 fully saturated rings. The van der Waals surface area contributed by atoms with E-state index in [9.17, 15) is 27.2 Å². The van der Waals surface area contributed by atoms with E-state index in [1.807, 2.05) is 0 Å². The lowest BCUT2D eigenvalue weighted by Gasteiger charge is -2.51. The van der Waals surface area contributed by atoms with Crippen molar-refractivity contribution < 1.29 is 27.2 Å². The maximum atomic E-state index is 13.7. The Hall–Kier alpha value is -1.92. The second-order valence-corrected chi connectivity index (χ2v) is 12.4. The summed E-state index contributed by atoms with van der Waals surface area (Å²) in [4.78, 5) is 33.8. The molecule has 2 amide bonds. The zero-order chi connectivity index (χ0) is 29.3. The summed E-state index contributed by atoms with van der Waals surface area (Å²) in [6.07, 6.45) is -1.14. The molecule has 3 aliphatic heterocycles. The summed E-state index contributed by atoms with van der Waals surface area (Å²) in [6, 6.07) is 10.2. The lowest BCUT2D eigenvalue weighted by atomic mass is 9.93. The molecule has 0 spiro atoms. The number of nitrogens with zero attached hydrogens (tertiary/aromatic N) is 4. The normalized spacial score (nSPS) is 20.4. The summed E-state index contributed by atoms with van der Waals surface area (Å²) in [5, 5.41) is 0. The number of likely N-dealkylation sites (tertiary alicyclic amines) is 1. The number of fused-ring (bicyclic) bond motifs is 1. The molecule has 0 saturated carbocycles. The van der Waals surface area contributed by atoms with Gasteiger partial charge in [-0.25, -0.2) is 4.39 Å². The molecule has 3 aliphatic rings. The van der Waals surface area contributed by atoms with Gasteiger partial charge in [-0.15, -0.1) is 24.8 Å². The summed E-state index contributed by atoms with van der Waals surface area (Å²) in [5.74, 6) is -0.689. The van der Waals surface area contributed by atoms with Crippen LogP contribution in [0.1, 0.15) is 53.1 Å². The van der Waals surface area contributed by atoms with Crippen molar-refractivity contribution in [3.63, 3.8) is 0 Å². The van der Waals surface area contributed by atoms with Gasteiger partial charge in [0.25, 0.3) is 5.91 Å². The van der Waals surface area contributed by atoms with Crippen LogP contribution in [0.5, 0.6) is 0 Å². The van der Waals surface area contributed by atoms with Gasteiger partial charge < -0.3 is 14.7 Å². The van der Waals surface area contributed by atoms with Gasteiger partial charge in [-0.3, -0.25) is 14.5 Å². The molecule has 6 nitrogen and oxygen atoms in total. The van der Waals surface area contributed by atoms with Crippen molar-refractivity contribution in [1.82, 2.24) is 19.6 Å². The summed E-state index contributed by atoms with van der Waals surface area (Å²) >= 11 is 3.09. The van der Waals surface area contributed by atoms with E-state index < -0.39 is 17.6 Å². The third-order valence-electron chi connectivity index (χ3n) is 8.66. The van der Waals surface area contributed by atoms with Gasteiger partial charge in [-0.1, -0.05) is 28.1 Å². The molecule has 3 saturated heterocycles. The van der Waals surface area contributed by atoms with Crippen LogP contribution in [0, 0.1) is 5.82 Å². The first kappa shape index (κ1) is 35.6. The van der Waals surface area contributed by atoms with E-state index >= 15 is 0 Å². The first-order valence-electron chi connectivity index (χ1n) is 14.1. The zero-order valence-electron chi connectivity index (χ0n) is 23.9. The van der Waals surface area contributed by atoms with Crippen molar-refractivity contribution in [2.24, 2.45) is 0 Å². The van der Waals surface area contributed by atoms with Crippen LogP contribution in [0.15, 0.2) is 46.9 Å². The van der Waals surface area contributed by atoms with Gasteiger partial charge in [0.15, 0.2) is 0 Å². The Labute approximate surface area is 270 Å². The third kappa shape index (κ3) is 8.63. The molecule has 0 aromatic heterocycles. The lowest BCUT2D eigenvalue weighted by Crippen LogP contribution is -2.66. The largest absolute Gasteiger partial charge is 0.416 e. The predicted molar refractivity (Wildman–Crippen MR) is 166 cm³/mol. The quantitative estimate of drug-likeness (QED) is 0.312. The number of hydrogen-bond acceptors (Lipinski definition) is 4. The number of amides is 2. The van der Waals surface area contributed by atoms with Crippen LogP contribution >= 0.6 is 40.7 Å². The SMILES string of the molecule is CN(C[C@@H](CCN1CC(N2CCN3C(=O)CCCC3C2)C1)c1ccc(F)cc1)C(=O)c1cc(Br)cc(C(F)(F)F)c1.Cl.Cl. The van der Waals surface area contributed by atoms with Crippen molar-refractivity contribution in [2.75, 3.05) is 52.9 Å². The van der Waals surface area contributed by atoms with Crippen molar-refractivity contribution in [1.29, 1.82) is 0 Å². The number of carbonyl (C=O) groups is 2. The Balaban J connectivity index is 0.00000253. The van der Waals surface area contributed by atoms with Gasteiger partial charge in [-0.2, -0.15) is 13.2 Å². The van der Waals surface area contributed by atoms with Gasteiger partial charge in [0.05, 0.1) is 5.56 Å². The highest BCUT2D eigenvalue weighted by atomic mass is 79.9. The standard InChI is InChI=1S/C30H35BrF4N4O2.2ClH/c1-36(29(41)22-13-23(30(33,34)35)15-24(31)14-22)16-21(20-5-7-25(32)8-6-20)9-10-37-17-27(18-37)38-11-12-39-26(19-38)3-2-4-28(39)40;;/h5-8,13-15,21,26-27H,2-4,9-12,16-19H2,1H3;2*1H/t21-,26?;;/m1../s1. The molecule has 0 bridgehead atoms. The Morgan fingerprint density at radius 1 is 1.05 bits per heavy atom. The summed E-state index contributed by atoms with van der Waals surface area (Å²) in [7, 11) is 1.59. The number of halogens is 7. The van der Waals surface area contributed by atoms with Crippen molar-refractivity contribution >= 4 is 52.6 Å². The van der Waals surface area contributed by atoms with E-state index in [0.717, 1.165) is 69.8 Å². The maximum Gasteiger partial charge on any atom is 0.416 e.